The van der Waals surface area contributed by atoms with Crippen LogP contribution < -0.4 is 0 Å². The number of aliphatic hydroxyl groups is 2. The van der Waals surface area contributed by atoms with Gasteiger partial charge in [0.25, 0.3) is 0 Å². The maximum atomic E-state index is 13.3. The number of benzene rings is 1. The lowest BCUT2D eigenvalue weighted by Gasteiger charge is -2.58. The number of nitrogens with zero attached hydrogens (tertiary/aromatic N) is 1. The third kappa shape index (κ3) is 2.21. The zero-order valence-corrected chi connectivity index (χ0v) is 15.5. The number of para-hydroxylation sites is 1. The van der Waals surface area contributed by atoms with Crippen molar-refractivity contribution < 1.29 is 19.7 Å². The van der Waals surface area contributed by atoms with E-state index in [9.17, 15) is 15.0 Å². The lowest BCUT2D eigenvalue weighted by Crippen LogP contribution is -2.69. The Hall–Kier alpha value is -1.89. The van der Waals surface area contributed by atoms with Gasteiger partial charge in [0.05, 0.1) is 19.8 Å². The first-order valence-electron chi connectivity index (χ1n) is 9.81. The van der Waals surface area contributed by atoms with Gasteiger partial charge in [-0.2, -0.15) is 0 Å². The largest absolute Gasteiger partial charge is 0.468 e. The second kappa shape index (κ2) is 6.06. The Morgan fingerprint density at radius 2 is 2.26 bits per heavy atom. The maximum Gasteiger partial charge on any atom is 0.319 e. The topological polar surface area (TPSA) is 85.8 Å². The SMILES string of the molecule is COC(=O)[C@@]12C[C@H]3C[C@H]([C@@H](O)CO)[C@@H]1N(CCc1c2[nH]c2ccccc12)C3. The molecule has 0 amide bonds. The van der Waals surface area contributed by atoms with Crippen LogP contribution in [-0.2, 0) is 21.4 Å². The van der Waals surface area contributed by atoms with Crippen LogP contribution >= 0.6 is 0 Å². The van der Waals surface area contributed by atoms with Gasteiger partial charge in [0.15, 0.2) is 0 Å². The lowest BCUT2D eigenvalue weighted by molar-refractivity contribution is -0.167. The number of aromatic amines is 1. The van der Waals surface area contributed by atoms with Crippen molar-refractivity contribution in [3.63, 3.8) is 0 Å². The number of rotatable bonds is 3. The van der Waals surface area contributed by atoms with Crippen molar-refractivity contribution in [1.29, 1.82) is 0 Å². The smallest absolute Gasteiger partial charge is 0.319 e. The van der Waals surface area contributed by atoms with Gasteiger partial charge in [0.1, 0.15) is 5.41 Å². The van der Waals surface area contributed by atoms with Crippen LogP contribution in [0.3, 0.4) is 0 Å². The molecule has 3 aliphatic heterocycles. The highest BCUT2D eigenvalue weighted by Gasteiger charge is 2.64. The van der Waals surface area contributed by atoms with Crippen LogP contribution in [0, 0.1) is 11.8 Å². The van der Waals surface area contributed by atoms with Crippen molar-refractivity contribution in [3.05, 3.63) is 35.5 Å². The summed E-state index contributed by atoms with van der Waals surface area (Å²) in [5.74, 6) is -0.0663. The van der Waals surface area contributed by atoms with E-state index in [2.05, 4.69) is 16.0 Å². The van der Waals surface area contributed by atoms with Gasteiger partial charge in [-0.3, -0.25) is 9.69 Å². The molecule has 1 aromatic carbocycles. The first-order chi connectivity index (χ1) is 13.1. The molecule has 6 rings (SSSR count). The van der Waals surface area contributed by atoms with Gasteiger partial charge in [0.2, 0.25) is 0 Å². The van der Waals surface area contributed by atoms with Crippen LogP contribution in [0.2, 0.25) is 0 Å². The van der Waals surface area contributed by atoms with E-state index in [1.165, 1.54) is 18.1 Å². The van der Waals surface area contributed by atoms with E-state index in [1.807, 2.05) is 18.2 Å². The molecule has 1 unspecified atom stereocenters. The number of hydrogen-bond acceptors (Lipinski definition) is 5. The summed E-state index contributed by atoms with van der Waals surface area (Å²) in [5, 5.41) is 21.4. The third-order valence-electron chi connectivity index (χ3n) is 7.15. The number of aromatic nitrogens is 1. The summed E-state index contributed by atoms with van der Waals surface area (Å²) in [4.78, 5) is 19.2. The average Bonchev–Trinajstić information content (AvgIpc) is 3.05. The van der Waals surface area contributed by atoms with E-state index in [0.717, 1.165) is 43.6 Å². The number of carbonyl (C=O) groups excluding carboxylic acids is 1. The number of ether oxygens (including phenoxy) is 1. The number of esters is 1. The molecule has 2 aromatic rings. The molecular formula is C21H26N2O4. The number of piperidine rings is 2. The van der Waals surface area contributed by atoms with Gasteiger partial charge in [-0.15, -0.1) is 0 Å². The molecule has 4 bridgehead atoms. The van der Waals surface area contributed by atoms with E-state index >= 15 is 0 Å². The first-order valence-corrected chi connectivity index (χ1v) is 9.81. The summed E-state index contributed by atoms with van der Waals surface area (Å²) in [6.45, 7) is 1.52. The van der Waals surface area contributed by atoms with Gasteiger partial charge in [-0.05, 0) is 36.8 Å². The first kappa shape index (κ1) is 17.2. The molecule has 1 aliphatic carbocycles. The van der Waals surface area contributed by atoms with Crippen molar-refractivity contribution >= 4 is 16.9 Å². The van der Waals surface area contributed by atoms with Crippen molar-refractivity contribution in [1.82, 2.24) is 9.88 Å². The lowest BCUT2D eigenvalue weighted by atomic mass is 9.56. The molecule has 2 saturated heterocycles. The summed E-state index contributed by atoms with van der Waals surface area (Å²) in [6.07, 6.45) is 1.62. The monoisotopic (exact) mass is 370 g/mol. The van der Waals surface area contributed by atoms with Gasteiger partial charge >= 0.3 is 5.97 Å². The fraction of sp³-hybridized carbons (Fsp3) is 0.571. The predicted molar refractivity (Wildman–Crippen MR) is 100 cm³/mol. The van der Waals surface area contributed by atoms with Gasteiger partial charge in [0, 0.05) is 41.6 Å². The number of nitrogens with one attached hydrogen (secondary N) is 1. The van der Waals surface area contributed by atoms with Crippen molar-refractivity contribution in [3.8, 4) is 0 Å². The third-order valence-corrected chi connectivity index (χ3v) is 7.15. The molecule has 0 spiro atoms. The second-order valence-electron chi connectivity index (χ2n) is 8.40. The van der Waals surface area contributed by atoms with E-state index in [-0.39, 0.29) is 24.5 Å². The van der Waals surface area contributed by atoms with Crippen molar-refractivity contribution in [2.45, 2.75) is 36.8 Å². The molecule has 6 nitrogen and oxygen atoms in total. The van der Waals surface area contributed by atoms with Crippen LogP contribution in [0.15, 0.2) is 24.3 Å². The molecule has 3 fully saturated rings. The van der Waals surface area contributed by atoms with Crippen LogP contribution in [0.25, 0.3) is 10.9 Å². The standard InChI is InChI=1S/C21H26N2O4/c1-27-20(26)21-9-12-8-15(17(25)11-24)19(21)23(10-12)7-6-14-13-4-2-3-5-16(13)22-18(14)21/h2-5,12,15,17,19,22,24-25H,6-11H2,1H3/t12-,15-,17+,19+,21-/m1/s1. The highest BCUT2D eigenvalue weighted by molar-refractivity contribution is 5.91. The molecule has 4 heterocycles. The quantitative estimate of drug-likeness (QED) is 0.707. The maximum absolute atomic E-state index is 13.3. The number of hydrogen-bond donors (Lipinski definition) is 3. The molecule has 144 valence electrons. The molecule has 27 heavy (non-hydrogen) atoms. The molecular weight excluding hydrogens is 344 g/mol. The fourth-order valence-corrected chi connectivity index (χ4v) is 6.27. The Bertz CT molecular complexity index is 893. The van der Waals surface area contributed by atoms with E-state index in [4.69, 9.17) is 4.74 Å². The minimum absolute atomic E-state index is 0.140. The zero-order valence-electron chi connectivity index (χ0n) is 15.5. The van der Waals surface area contributed by atoms with Crippen LogP contribution in [0.4, 0.5) is 0 Å². The van der Waals surface area contributed by atoms with E-state index in [0.29, 0.717) is 5.92 Å². The Labute approximate surface area is 158 Å². The fourth-order valence-electron chi connectivity index (χ4n) is 6.27. The number of methoxy groups -OCH3 is 1. The van der Waals surface area contributed by atoms with Crippen LogP contribution in [0.1, 0.15) is 24.1 Å². The van der Waals surface area contributed by atoms with Crippen LogP contribution in [-0.4, -0.2) is 65.0 Å². The highest BCUT2D eigenvalue weighted by Crippen LogP contribution is 2.55. The molecule has 1 aromatic heterocycles. The minimum Gasteiger partial charge on any atom is -0.468 e. The Kier molecular flexibility index (Phi) is 3.86. The van der Waals surface area contributed by atoms with Gasteiger partial charge in [-0.25, -0.2) is 0 Å². The van der Waals surface area contributed by atoms with E-state index < -0.39 is 11.5 Å². The van der Waals surface area contributed by atoms with Crippen LogP contribution in [0.5, 0.6) is 0 Å². The molecule has 3 N–H and O–H groups in total. The second-order valence-corrected chi connectivity index (χ2v) is 8.40. The number of fused-ring (bicyclic) bond motifs is 4. The number of H-pyrrole nitrogens is 1. The van der Waals surface area contributed by atoms with Crippen molar-refractivity contribution in [2.24, 2.45) is 11.8 Å². The average molecular weight is 370 g/mol. The highest BCUT2D eigenvalue weighted by atomic mass is 16.5. The summed E-state index contributed by atoms with van der Waals surface area (Å²) in [5.41, 5.74) is 2.38. The summed E-state index contributed by atoms with van der Waals surface area (Å²) in [7, 11) is 1.45. The number of carbonyl (C=O) groups is 1. The Morgan fingerprint density at radius 1 is 1.44 bits per heavy atom. The summed E-state index contributed by atoms with van der Waals surface area (Å²) in [6, 6.07) is 8.03. The minimum atomic E-state index is -0.824. The van der Waals surface area contributed by atoms with Gasteiger partial charge in [-0.1, -0.05) is 18.2 Å². The predicted octanol–water partition coefficient (Wildman–Crippen LogP) is 1.20. The summed E-state index contributed by atoms with van der Waals surface area (Å²) >= 11 is 0. The zero-order chi connectivity index (χ0) is 18.8. The Balaban J connectivity index is 1.77. The summed E-state index contributed by atoms with van der Waals surface area (Å²) < 4.78 is 5.36. The van der Waals surface area contributed by atoms with E-state index in [1.54, 1.807) is 0 Å². The normalized spacial score (nSPS) is 35.5. The Morgan fingerprint density at radius 3 is 3.04 bits per heavy atom. The molecule has 1 saturated carbocycles. The van der Waals surface area contributed by atoms with Gasteiger partial charge < -0.3 is 19.9 Å². The molecule has 6 heteroatoms. The number of aliphatic hydroxyl groups excluding tert-OH is 2. The molecule has 6 atom stereocenters. The molecule has 0 radical (unpaired) electrons. The molecule has 4 aliphatic rings. The van der Waals surface area contributed by atoms with Crippen molar-refractivity contribution in [2.75, 3.05) is 26.8 Å².